The summed E-state index contributed by atoms with van der Waals surface area (Å²) in [5.41, 5.74) is 7.03. The molecule has 2 rings (SSSR count). The Hall–Kier alpha value is -1.58. The maximum absolute atomic E-state index is 5.79. The van der Waals surface area contributed by atoms with Gasteiger partial charge in [0, 0.05) is 25.0 Å². The molecule has 80 valence electrons. The summed E-state index contributed by atoms with van der Waals surface area (Å²) < 4.78 is 0. The van der Waals surface area contributed by atoms with Crippen molar-refractivity contribution in [2.75, 3.05) is 13.1 Å². The van der Waals surface area contributed by atoms with Crippen LogP contribution in [-0.2, 0) is 6.42 Å². The number of guanidine groups is 1. The third-order valence-corrected chi connectivity index (χ3v) is 2.71. The molecule has 4 nitrogen and oxygen atoms in total. The normalized spacial score (nSPS) is 20.5. The molecule has 2 heterocycles. The Labute approximate surface area is 89.8 Å². The van der Waals surface area contributed by atoms with Gasteiger partial charge >= 0.3 is 0 Å². The molecule has 0 saturated heterocycles. The van der Waals surface area contributed by atoms with E-state index in [1.807, 2.05) is 12.3 Å². The van der Waals surface area contributed by atoms with Crippen molar-refractivity contribution in [3.05, 3.63) is 30.1 Å². The number of pyridine rings is 1. The third kappa shape index (κ3) is 2.26. The molecular formula is C11H16N4. The highest BCUT2D eigenvalue weighted by atomic mass is 15.3. The van der Waals surface area contributed by atoms with Crippen LogP contribution in [0.1, 0.15) is 12.5 Å². The summed E-state index contributed by atoms with van der Waals surface area (Å²) in [6, 6.07) is 4.48. The SMILES string of the molecule is C[C@H]1CN=C(N)N1CCc1cccnc1. The Bertz CT molecular complexity index is 347. The molecule has 0 aliphatic carbocycles. The van der Waals surface area contributed by atoms with Crippen molar-refractivity contribution in [2.24, 2.45) is 10.7 Å². The molecule has 0 unspecified atom stereocenters. The quantitative estimate of drug-likeness (QED) is 0.786. The summed E-state index contributed by atoms with van der Waals surface area (Å²) in [5.74, 6) is 0.673. The van der Waals surface area contributed by atoms with Crippen molar-refractivity contribution in [3.8, 4) is 0 Å². The first-order valence-corrected chi connectivity index (χ1v) is 5.23. The van der Waals surface area contributed by atoms with Crippen LogP contribution in [0.15, 0.2) is 29.5 Å². The molecule has 1 atom stereocenters. The van der Waals surface area contributed by atoms with Gasteiger partial charge in [0.15, 0.2) is 5.96 Å². The van der Waals surface area contributed by atoms with Crippen molar-refractivity contribution >= 4 is 5.96 Å². The second-order valence-electron chi connectivity index (χ2n) is 3.85. The Morgan fingerprint density at radius 3 is 3.07 bits per heavy atom. The minimum atomic E-state index is 0.432. The Kier molecular flexibility index (Phi) is 2.85. The Morgan fingerprint density at radius 2 is 2.47 bits per heavy atom. The molecule has 0 saturated carbocycles. The summed E-state index contributed by atoms with van der Waals surface area (Å²) in [6.45, 7) is 3.88. The van der Waals surface area contributed by atoms with Crippen LogP contribution in [0.3, 0.4) is 0 Å². The molecule has 0 amide bonds. The monoisotopic (exact) mass is 204 g/mol. The predicted octanol–water partition coefficient (Wildman–Crippen LogP) is 0.643. The first-order chi connectivity index (χ1) is 7.27. The van der Waals surface area contributed by atoms with E-state index < -0.39 is 0 Å². The minimum Gasteiger partial charge on any atom is -0.370 e. The topological polar surface area (TPSA) is 54.5 Å². The lowest BCUT2D eigenvalue weighted by Crippen LogP contribution is -2.40. The van der Waals surface area contributed by atoms with E-state index in [-0.39, 0.29) is 0 Å². The Balaban J connectivity index is 1.91. The van der Waals surface area contributed by atoms with Crippen LogP contribution in [0.5, 0.6) is 0 Å². The average molecular weight is 204 g/mol. The lowest BCUT2D eigenvalue weighted by Gasteiger charge is -2.22. The van der Waals surface area contributed by atoms with Crippen molar-refractivity contribution in [1.29, 1.82) is 0 Å². The summed E-state index contributed by atoms with van der Waals surface area (Å²) in [7, 11) is 0. The van der Waals surface area contributed by atoms with Gasteiger partial charge in [-0.25, -0.2) is 0 Å². The number of hydrogen-bond donors (Lipinski definition) is 1. The summed E-state index contributed by atoms with van der Waals surface area (Å²) in [5, 5.41) is 0. The second-order valence-corrected chi connectivity index (χ2v) is 3.85. The fraction of sp³-hybridized carbons (Fsp3) is 0.455. The van der Waals surface area contributed by atoms with Gasteiger partial charge in [-0.05, 0) is 25.0 Å². The number of nitrogens with two attached hydrogens (primary N) is 1. The van der Waals surface area contributed by atoms with Gasteiger partial charge in [0.2, 0.25) is 0 Å². The van der Waals surface area contributed by atoms with Gasteiger partial charge in [-0.3, -0.25) is 9.98 Å². The maximum Gasteiger partial charge on any atom is 0.191 e. The van der Waals surface area contributed by atoms with E-state index in [1.165, 1.54) is 5.56 Å². The molecule has 1 aliphatic heterocycles. The average Bonchev–Trinajstić information content (AvgIpc) is 2.58. The second kappa shape index (κ2) is 4.29. The van der Waals surface area contributed by atoms with Crippen LogP contribution in [0, 0.1) is 0 Å². The van der Waals surface area contributed by atoms with Gasteiger partial charge in [0.1, 0.15) is 0 Å². The van der Waals surface area contributed by atoms with Crippen LogP contribution >= 0.6 is 0 Å². The molecule has 4 heteroatoms. The van der Waals surface area contributed by atoms with Gasteiger partial charge in [-0.15, -0.1) is 0 Å². The number of hydrogen-bond acceptors (Lipinski definition) is 4. The van der Waals surface area contributed by atoms with E-state index in [0.29, 0.717) is 12.0 Å². The van der Waals surface area contributed by atoms with Gasteiger partial charge < -0.3 is 10.6 Å². The zero-order chi connectivity index (χ0) is 10.7. The van der Waals surface area contributed by atoms with E-state index in [2.05, 4.69) is 27.9 Å². The van der Waals surface area contributed by atoms with E-state index in [1.54, 1.807) is 6.20 Å². The first kappa shape index (κ1) is 9.96. The molecule has 1 aliphatic rings. The molecule has 0 spiro atoms. The van der Waals surface area contributed by atoms with Gasteiger partial charge in [0.25, 0.3) is 0 Å². The van der Waals surface area contributed by atoms with Gasteiger partial charge in [-0.1, -0.05) is 6.07 Å². The lowest BCUT2D eigenvalue weighted by molar-refractivity contribution is 0.364. The van der Waals surface area contributed by atoms with E-state index in [4.69, 9.17) is 5.73 Å². The van der Waals surface area contributed by atoms with Crippen molar-refractivity contribution < 1.29 is 0 Å². The molecule has 15 heavy (non-hydrogen) atoms. The largest absolute Gasteiger partial charge is 0.370 e. The molecule has 2 N–H and O–H groups in total. The Morgan fingerprint density at radius 1 is 1.60 bits per heavy atom. The number of rotatable bonds is 3. The van der Waals surface area contributed by atoms with Gasteiger partial charge in [0.05, 0.1) is 6.54 Å². The standard InChI is InChI=1S/C11H16N4/c1-9-7-14-11(12)15(9)6-4-10-3-2-5-13-8-10/h2-3,5,8-9H,4,6-7H2,1H3,(H2,12,14)/t9-/m0/s1. The van der Waals surface area contributed by atoms with Gasteiger partial charge in [-0.2, -0.15) is 0 Å². The van der Waals surface area contributed by atoms with Crippen molar-refractivity contribution in [1.82, 2.24) is 9.88 Å². The number of aromatic nitrogens is 1. The maximum atomic E-state index is 5.79. The van der Waals surface area contributed by atoms with Crippen molar-refractivity contribution in [2.45, 2.75) is 19.4 Å². The van der Waals surface area contributed by atoms with E-state index in [9.17, 15) is 0 Å². The highest BCUT2D eigenvalue weighted by Gasteiger charge is 2.20. The lowest BCUT2D eigenvalue weighted by atomic mass is 10.2. The summed E-state index contributed by atoms with van der Waals surface area (Å²) >= 11 is 0. The van der Waals surface area contributed by atoms with Crippen molar-refractivity contribution in [3.63, 3.8) is 0 Å². The molecule has 0 fully saturated rings. The van der Waals surface area contributed by atoms with Crippen LogP contribution in [0.2, 0.25) is 0 Å². The molecule has 0 bridgehead atoms. The zero-order valence-electron chi connectivity index (χ0n) is 8.93. The fourth-order valence-corrected chi connectivity index (χ4v) is 1.77. The minimum absolute atomic E-state index is 0.432. The highest BCUT2D eigenvalue weighted by Crippen LogP contribution is 2.08. The van der Waals surface area contributed by atoms with Crippen LogP contribution < -0.4 is 5.73 Å². The van der Waals surface area contributed by atoms with E-state index in [0.717, 1.165) is 19.5 Å². The molecular weight excluding hydrogens is 188 g/mol. The fourth-order valence-electron chi connectivity index (χ4n) is 1.77. The van der Waals surface area contributed by atoms with Crippen LogP contribution in [-0.4, -0.2) is 35.0 Å². The summed E-state index contributed by atoms with van der Waals surface area (Å²) in [4.78, 5) is 10.4. The molecule has 0 radical (unpaired) electrons. The third-order valence-electron chi connectivity index (χ3n) is 2.71. The number of nitrogens with zero attached hydrogens (tertiary/aromatic N) is 3. The first-order valence-electron chi connectivity index (χ1n) is 5.23. The number of aliphatic imine (C=N–C) groups is 1. The smallest absolute Gasteiger partial charge is 0.191 e. The van der Waals surface area contributed by atoms with Crippen LogP contribution in [0.4, 0.5) is 0 Å². The molecule has 0 aromatic carbocycles. The summed E-state index contributed by atoms with van der Waals surface area (Å²) in [6.07, 6.45) is 4.65. The molecule has 1 aromatic heterocycles. The predicted molar refractivity (Wildman–Crippen MR) is 60.6 cm³/mol. The van der Waals surface area contributed by atoms with E-state index >= 15 is 0 Å². The highest BCUT2D eigenvalue weighted by molar-refractivity contribution is 5.80. The van der Waals surface area contributed by atoms with Crippen LogP contribution in [0.25, 0.3) is 0 Å². The zero-order valence-corrected chi connectivity index (χ0v) is 8.93. The molecule has 1 aromatic rings.